The first-order chi connectivity index (χ1) is 10.6. The third-order valence-electron chi connectivity index (χ3n) is 2.97. The Bertz CT molecular complexity index is 335. The van der Waals surface area contributed by atoms with Gasteiger partial charge in [-0.25, -0.2) is 10.7 Å². The second kappa shape index (κ2) is 14.3. The van der Waals surface area contributed by atoms with Crippen LogP contribution in [0.15, 0.2) is 12.2 Å². The lowest BCUT2D eigenvalue weighted by atomic mass is 10.1. The van der Waals surface area contributed by atoms with Gasteiger partial charge in [0.05, 0.1) is 6.61 Å². The van der Waals surface area contributed by atoms with E-state index in [4.69, 9.17) is 5.90 Å². The van der Waals surface area contributed by atoms with Gasteiger partial charge in [-0.05, 0) is 32.6 Å². The lowest BCUT2D eigenvalue weighted by Crippen LogP contribution is -2.38. The van der Waals surface area contributed by atoms with E-state index in [1.165, 1.54) is 0 Å². The van der Waals surface area contributed by atoms with Crippen LogP contribution in [0.5, 0.6) is 0 Å². The molecule has 3 amide bonds. The molecule has 0 spiro atoms. The van der Waals surface area contributed by atoms with Crippen molar-refractivity contribution in [3.05, 3.63) is 12.2 Å². The van der Waals surface area contributed by atoms with Gasteiger partial charge in [-0.3, -0.25) is 4.79 Å². The number of nitrogens with two attached hydrogens (primary N) is 1. The van der Waals surface area contributed by atoms with Crippen LogP contribution in [0.2, 0.25) is 0 Å². The summed E-state index contributed by atoms with van der Waals surface area (Å²) in [6.45, 7) is 7.78. The molecule has 22 heavy (non-hydrogen) atoms. The molecule has 0 fully saturated rings. The Hall–Kier alpha value is -1.60. The van der Waals surface area contributed by atoms with E-state index in [9.17, 15) is 9.59 Å². The van der Waals surface area contributed by atoms with Crippen LogP contribution in [0.3, 0.4) is 0 Å². The van der Waals surface area contributed by atoms with Crippen molar-refractivity contribution in [2.24, 2.45) is 5.90 Å². The number of hydrogen-bond acceptors (Lipinski definition) is 4. The van der Waals surface area contributed by atoms with Crippen LogP contribution in [-0.4, -0.2) is 38.2 Å². The van der Waals surface area contributed by atoms with Crippen LogP contribution in [0.4, 0.5) is 4.79 Å². The van der Waals surface area contributed by atoms with Crippen molar-refractivity contribution >= 4 is 11.9 Å². The summed E-state index contributed by atoms with van der Waals surface area (Å²) in [5.41, 5.74) is 1.14. The van der Waals surface area contributed by atoms with Gasteiger partial charge < -0.3 is 20.8 Å². The minimum absolute atomic E-state index is 0.0919. The van der Waals surface area contributed by atoms with E-state index in [0.717, 1.165) is 37.7 Å². The Morgan fingerprint density at radius 1 is 0.955 bits per heavy atom. The van der Waals surface area contributed by atoms with E-state index in [-0.39, 0.29) is 18.5 Å². The van der Waals surface area contributed by atoms with Crippen molar-refractivity contribution in [3.63, 3.8) is 0 Å². The van der Waals surface area contributed by atoms with Crippen molar-refractivity contribution in [2.45, 2.75) is 45.4 Å². The van der Waals surface area contributed by atoms with Gasteiger partial charge in [0.15, 0.2) is 0 Å². The Balaban J connectivity index is 3.32. The van der Waals surface area contributed by atoms with Crippen LogP contribution in [0.25, 0.3) is 0 Å². The minimum Gasteiger partial charge on any atom is -0.356 e. The summed E-state index contributed by atoms with van der Waals surface area (Å²) in [6.07, 6.45) is 5.01. The lowest BCUT2D eigenvalue weighted by Gasteiger charge is -2.07. The molecule has 0 rings (SSSR count). The van der Waals surface area contributed by atoms with Crippen molar-refractivity contribution < 1.29 is 14.4 Å². The van der Waals surface area contributed by atoms with E-state index < -0.39 is 0 Å². The van der Waals surface area contributed by atoms with Crippen LogP contribution in [0.1, 0.15) is 45.4 Å². The molecular weight excluding hydrogens is 284 g/mol. The first kappa shape index (κ1) is 20.4. The van der Waals surface area contributed by atoms with Gasteiger partial charge in [-0.15, -0.1) is 6.58 Å². The highest BCUT2D eigenvalue weighted by Gasteiger charge is 2.01. The molecule has 0 saturated carbocycles. The zero-order valence-corrected chi connectivity index (χ0v) is 13.6. The first-order valence-electron chi connectivity index (χ1n) is 7.80. The minimum atomic E-state index is -0.229. The maximum atomic E-state index is 11.5. The predicted molar refractivity (Wildman–Crippen MR) is 87.1 cm³/mol. The van der Waals surface area contributed by atoms with Crippen molar-refractivity contribution in [2.75, 3.05) is 26.2 Å². The smallest absolute Gasteiger partial charge is 0.314 e. The molecule has 5 N–H and O–H groups in total. The molecule has 0 aliphatic rings. The summed E-state index contributed by atoms with van der Waals surface area (Å²) in [6, 6.07) is -0.229. The Morgan fingerprint density at radius 2 is 1.64 bits per heavy atom. The summed E-state index contributed by atoms with van der Waals surface area (Å²) >= 11 is 0. The zero-order valence-electron chi connectivity index (χ0n) is 13.6. The monoisotopic (exact) mass is 314 g/mol. The largest absolute Gasteiger partial charge is 0.356 e. The number of hydrogen-bond donors (Lipinski definition) is 4. The topological polar surface area (TPSA) is 105 Å². The summed E-state index contributed by atoms with van der Waals surface area (Å²) < 4.78 is 0. The standard InChI is InChI=1S/C15H30N4O3/c1-13(2)7-6-10-17-14(20)8-4-3-5-9-18-15(21)19-11-12-22-16/h1,3-12,16H2,2H3,(H,17,20)(H2,18,19,21). The molecule has 0 heterocycles. The predicted octanol–water partition coefficient (Wildman–Crippen LogP) is 1.21. The summed E-state index contributed by atoms with van der Waals surface area (Å²) in [7, 11) is 0. The number of urea groups is 1. The molecule has 0 aromatic carbocycles. The molecule has 0 aromatic heterocycles. The second-order valence-corrected chi connectivity index (χ2v) is 5.27. The normalized spacial score (nSPS) is 10.1. The van der Waals surface area contributed by atoms with Gasteiger partial charge in [0, 0.05) is 26.1 Å². The maximum Gasteiger partial charge on any atom is 0.314 e. The summed E-state index contributed by atoms with van der Waals surface area (Å²) in [4.78, 5) is 27.1. The maximum absolute atomic E-state index is 11.5. The second-order valence-electron chi connectivity index (χ2n) is 5.27. The fourth-order valence-electron chi connectivity index (χ4n) is 1.78. The highest BCUT2D eigenvalue weighted by Crippen LogP contribution is 2.01. The van der Waals surface area contributed by atoms with Gasteiger partial charge in [-0.1, -0.05) is 12.0 Å². The Labute approximate surface area is 133 Å². The molecule has 0 atom stereocenters. The molecule has 7 nitrogen and oxygen atoms in total. The molecule has 0 bridgehead atoms. The van der Waals surface area contributed by atoms with Crippen molar-refractivity contribution in [1.82, 2.24) is 16.0 Å². The summed E-state index contributed by atoms with van der Waals surface area (Å²) in [5.74, 6) is 4.93. The van der Waals surface area contributed by atoms with Crippen molar-refractivity contribution in [1.29, 1.82) is 0 Å². The van der Waals surface area contributed by atoms with Gasteiger partial charge in [0.1, 0.15) is 0 Å². The molecule has 0 radical (unpaired) electrons. The van der Waals surface area contributed by atoms with Gasteiger partial charge >= 0.3 is 6.03 Å². The van der Waals surface area contributed by atoms with Gasteiger partial charge in [0.2, 0.25) is 5.91 Å². The molecular formula is C15H30N4O3. The highest BCUT2D eigenvalue weighted by atomic mass is 16.6. The third kappa shape index (κ3) is 14.8. The van der Waals surface area contributed by atoms with Crippen LogP contribution in [0, 0.1) is 0 Å². The lowest BCUT2D eigenvalue weighted by molar-refractivity contribution is -0.121. The van der Waals surface area contributed by atoms with Crippen molar-refractivity contribution in [3.8, 4) is 0 Å². The summed E-state index contributed by atoms with van der Waals surface area (Å²) in [5, 5.41) is 8.22. The number of rotatable bonds is 13. The fourth-order valence-corrected chi connectivity index (χ4v) is 1.78. The van der Waals surface area contributed by atoms with E-state index in [1.54, 1.807) is 0 Å². The van der Waals surface area contributed by atoms with Gasteiger partial charge in [-0.2, -0.15) is 0 Å². The number of amides is 3. The zero-order chi connectivity index (χ0) is 16.6. The average Bonchev–Trinajstić information content (AvgIpc) is 2.47. The van der Waals surface area contributed by atoms with E-state index in [0.29, 0.717) is 26.1 Å². The SMILES string of the molecule is C=C(C)CCCNC(=O)CCCCCNC(=O)NCCON. The number of nitrogens with one attached hydrogen (secondary N) is 3. The molecule has 0 aliphatic carbocycles. The first-order valence-corrected chi connectivity index (χ1v) is 7.80. The Morgan fingerprint density at radius 3 is 2.32 bits per heavy atom. The molecule has 128 valence electrons. The number of carbonyl (C=O) groups is 2. The van der Waals surface area contributed by atoms with Crippen LogP contribution < -0.4 is 21.8 Å². The van der Waals surface area contributed by atoms with Crippen LogP contribution >= 0.6 is 0 Å². The molecule has 0 aromatic rings. The fraction of sp³-hybridized carbons (Fsp3) is 0.733. The number of allylic oxidation sites excluding steroid dienone is 1. The molecule has 0 saturated heterocycles. The van der Waals surface area contributed by atoms with E-state index in [2.05, 4.69) is 27.4 Å². The quantitative estimate of drug-likeness (QED) is 0.233. The molecule has 0 unspecified atom stereocenters. The van der Waals surface area contributed by atoms with Gasteiger partial charge in [0.25, 0.3) is 0 Å². The molecule has 7 heteroatoms. The molecule has 0 aliphatic heterocycles. The number of carbonyl (C=O) groups excluding carboxylic acids is 2. The third-order valence-corrected chi connectivity index (χ3v) is 2.97. The average molecular weight is 314 g/mol. The Kier molecular flexibility index (Phi) is 13.3. The highest BCUT2D eigenvalue weighted by molar-refractivity contribution is 5.75. The van der Waals surface area contributed by atoms with E-state index in [1.807, 2.05) is 6.92 Å². The van der Waals surface area contributed by atoms with E-state index >= 15 is 0 Å². The van der Waals surface area contributed by atoms with Crippen LogP contribution in [-0.2, 0) is 9.63 Å². The number of unbranched alkanes of at least 4 members (excludes halogenated alkanes) is 2.